The third-order valence-corrected chi connectivity index (χ3v) is 3.69. The predicted molar refractivity (Wildman–Crippen MR) is 69.1 cm³/mol. The quantitative estimate of drug-likeness (QED) is 0.854. The number of nitrogens with two attached hydrogens (primary N) is 1. The highest BCUT2D eigenvalue weighted by Crippen LogP contribution is 2.33. The van der Waals surface area contributed by atoms with Crippen molar-refractivity contribution in [3.8, 4) is 0 Å². The van der Waals surface area contributed by atoms with Gasteiger partial charge in [0.1, 0.15) is 5.76 Å². The van der Waals surface area contributed by atoms with Crippen LogP contribution in [-0.2, 0) is 12.8 Å². The minimum atomic E-state index is 0.570. The van der Waals surface area contributed by atoms with Crippen LogP contribution in [0.3, 0.4) is 0 Å². The average molecular weight is 236 g/mol. The lowest BCUT2D eigenvalue weighted by atomic mass is 9.89. The van der Waals surface area contributed by atoms with Gasteiger partial charge in [-0.05, 0) is 32.2 Å². The monoisotopic (exact) mass is 236 g/mol. The summed E-state index contributed by atoms with van der Waals surface area (Å²) in [6.45, 7) is 2.87. The van der Waals surface area contributed by atoms with Crippen molar-refractivity contribution in [1.82, 2.24) is 4.98 Å². The van der Waals surface area contributed by atoms with Crippen molar-refractivity contribution in [2.24, 2.45) is 5.73 Å². The van der Waals surface area contributed by atoms with Gasteiger partial charge in [-0.25, -0.2) is 4.98 Å². The Bertz CT molecular complexity index is 340. The maximum atomic E-state index is 5.98. The lowest BCUT2D eigenvalue weighted by Gasteiger charge is -2.17. The smallest absolute Gasteiger partial charge is 0.197 e. The number of aromatic nitrogens is 1. The molecule has 3 nitrogen and oxygen atoms in total. The Morgan fingerprint density at radius 1 is 1.29 bits per heavy atom. The Labute approximate surface area is 104 Å². The molecule has 0 aliphatic heterocycles. The molecule has 1 aromatic rings. The summed E-state index contributed by atoms with van der Waals surface area (Å²) in [5.41, 5.74) is 6.71. The highest BCUT2D eigenvalue weighted by molar-refractivity contribution is 5.12. The molecule has 0 amide bonds. The van der Waals surface area contributed by atoms with Gasteiger partial charge in [-0.2, -0.15) is 0 Å². The molecule has 1 aromatic heterocycles. The van der Waals surface area contributed by atoms with Crippen molar-refractivity contribution in [3.05, 3.63) is 17.3 Å². The molecule has 2 rings (SSSR count). The molecule has 0 radical (unpaired) electrons. The van der Waals surface area contributed by atoms with Gasteiger partial charge in [0.25, 0.3) is 0 Å². The summed E-state index contributed by atoms with van der Waals surface area (Å²) in [6, 6.07) is 0. The number of hydrogen-bond acceptors (Lipinski definition) is 3. The van der Waals surface area contributed by atoms with Crippen molar-refractivity contribution in [3.63, 3.8) is 0 Å². The molecule has 0 saturated heterocycles. The van der Waals surface area contributed by atoms with Gasteiger partial charge in [0, 0.05) is 12.3 Å². The van der Waals surface area contributed by atoms with Gasteiger partial charge in [-0.1, -0.05) is 26.2 Å². The number of hydrogen-bond donors (Lipinski definition) is 1. The van der Waals surface area contributed by atoms with Gasteiger partial charge in [0.2, 0.25) is 0 Å². The first-order valence-corrected chi connectivity index (χ1v) is 7.03. The van der Waals surface area contributed by atoms with Gasteiger partial charge in [0.15, 0.2) is 5.89 Å². The first-order chi connectivity index (χ1) is 8.35. The second-order valence-electron chi connectivity index (χ2n) is 5.00. The standard InChI is InChI=1S/C14H24N2O/c1-2-12-13(9-6-10-15)17-14(16-12)11-7-4-3-5-8-11/h11H,2-10,15H2,1H3. The molecule has 0 bridgehead atoms. The normalized spacial score (nSPS) is 17.5. The average Bonchev–Trinajstić information content (AvgIpc) is 2.80. The molecule has 96 valence electrons. The SMILES string of the molecule is CCc1nc(C2CCCCC2)oc1CCCN. The predicted octanol–water partition coefficient (Wildman–Crippen LogP) is 3.18. The van der Waals surface area contributed by atoms with Crippen LogP contribution in [0.25, 0.3) is 0 Å². The fourth-order valence-corrected chi connectivity index (χ4v) is 2.66. The van der Waals surface area contributed by atoms with E-state index in [1.165, 1.54) is 32.1 Å². The van der Waals surface area contributed by atoms with Crippen molar-refractivity contribution >= 4 is 0 Å². The number of aryl methyl sites for hydroxylation is 2. The van der Waals surface area contributed by atoms with Crippen LogP contribution in [0.4, 0.5) is 0 Å². The van der Waals surface area contributed by atoms with Gasteiger partial charge in [0.05, 0.1) is 5.69 Å². The van der Waals surface area contributed by atoms with E-state index in [0.717, 1.165) is 43.2 Å². The minimum Gasteiger partial charge on any atom is -0.445 e. The number of rotatable bonds is 5. The molecular formula is C14H24N2O. The molecule has 0 atom stereocenters. The zero-order valence-corrected chi connectivity index (χ0v) is 10.9. The topological polar surface area (TPSA) is 52.0 Å². The minimum absolute atomic E-state index is 0.570. The summed E-state index contributed by atoms with van der Waals surface area (Å²) in [5, 5.41) is 0. The van der Waals surface area contributed by atoms with E-state index in [9.17, 15) is 0 Å². The first kappa shape index (κ1) is 12.6. The molecule has 1 fully saturated rings. The molecular weight excluding hydrogens is 212 g/mol. The summed E-state index contributed by atoms with van der Waals surface area (Å²) < 4.78 is 5.98. The van der Waals surface area contributed by atoms with Crippen LogP contribution in [-0.4, -0.2) is 11.5 Å². The Hall–Kier alpha value is -0.830. The van der Waals surface area contributed by atoms with Gasteiger partial charge < -0.3 is 10.2 Å². The number of nitrogens with zero attached hydrogens (tertiary/aromatic N) is 1. The maximum absolute atomic E-state index is 5.98. The zero-order chi connectivity index (χ0) is 12.1. The van der Waals surface area contributed by atoms with Crippen LogP contribution >= 0.6 is 0 Å². The Morgan fingerprint density at radius 3 is 2.71 bits per heavy atom. The lowest BCUT2D eigenvalue weighted by Crippen LogP contribution is -2.04. The van der Waals surface area contributed by atoms with Crippen LogP contribution in [0, 0.1) is 0 Å². The van der Waals surface area contributed by atoms with Gasteiger partial charge in [-0.15, -0.1) is 0 Å². The summed E-state index contributed by atoms with van der Waals surface area (Å²) >= 11 is 0. The molecule has 3 heteroatoms. The molecule has 0 aromatic carbocycles. The molecule has 0 spiro atoms. The molecule has 1 aliphatic rings. The van der Waals surface area contributed by atoms with Crippen molar-refractivity contribution in [1.29, 1.82) is 0 Å². The van der Waals surface area contributed by atoms with E-state index in [1.54, 1.807) is 0 Å². The van der Waals surface area contributed by atoms with Crippen LogP contribution in [0.1, 0.15) is 68.7 Å². The maximum Gasteiger partial charge on any atom is 0.197 e. The van der Waals surface area contributed by atoms with Crippen LogP contribution in [0.15, 0.2) is 4.42 Å². The Morgan fingerprint density at radius 2 is 2.06 bits per heavy atom. The van der Waals surface area contributed by atoms with Gasteiger partial charge >= 0.3 is 0 Å². The van der Waals surface area contributed by atoms with Crippen molar-refractivity contribution in [2.45, 2.75) is 64.2 Å². The van der Waals surface area contributed by atoms with E-state index in [1.807, 2.05) is 0 Å². The fourth-order valence-electron chi connectivity index (χ4n) is 2.66. The van der Waals surface area contributed by atoms with Crippen LogP contribution in [0.2, 0.25) is 0 Å². The Kier molecular flexibility index (Phi) is 4.60. The van der Waals surface area contributed by atoms with Crippen molar-refractivity contribution < 1.29 is 4.42 Å². The van der Waals surface area contributed by atoms with E-state index in [-0.39, 0.29) is 0 Å². The number of oxazole rings is 1. The molecule has 17 heavy (non-hydrogen) atoms. The third-order valence-electron chi connectivity index (χ3n) is 3.69. The summed E-state index contributed by atoms with van der Waals surface area (Å²) in [4.78, 5) is 4.70. The first-order valence-electron chi connectivity index (χ1n) is 7.03. The van der Waals surface area contributed by atoms with Crippen LogP contribution in [0.5, 0.6) is 0 Å². The van der Waals surface area contributed by atoms with E-state index in [4.69, 9.17) is 15.1 Å². The fraction of sp³-hybridized carbons (Fsp3) is 0.786. The molecule has 2 N–H and O–H groups in total. The van der Waals surface area contributed by atoms with E-state index < -0.39 is 0 Å². The van der Waals surface area contributed by atoms with E-state index in [2.05, 4.69) is 6.92 Å². The second kappa shape index (κ2) is 6.20. The Balaban J connectivity index is 2.08. The van der Waals surface area contributed by atoms with E-state index in [0.29, 0.717) is 5.92 Å². The highest BCUT2D eigenvalue weighted by Gasteiger charge is 2.22. The summed E-state index contributed by atoms with van der Waals surface area (Å²) in [5.74, 6) is 2.65. The third kappa shape index (κ3) is 3.09. The van der Waals surface area contributed by atoms with Gasteiger partial charge in [-0.3, -0.25) is 0 Å². The largest absolute Gasteiger partial charge is 0.445 e. The molecule has 1 aliphatic carbocycles. The zero-order valence-electron chi connectivity index (χ0n) is 10.9. The second-order valence-corrected chi connectivity index (χ2v) is 5.00. The summed E-state index contributed by atoms with van der Waals surface area (Å²) in [7, 11) is 0. The lowest BCUT2D eigenvalue weighted by molar-refractivity contribution is 0.350. The van der Waals surface area contributed by atoms with E-state index >= 15 is 0 Å². The molecule has 1 heterocycles. The molecule has 0 unspecified atom stereocenters. The summed E-state index contributed by atoms with van der Waals surface area (Å²) in [6.07, 6.45) is 9.43. The highest BCUT2D eigenvalue weighted by atomic mass is 16.4. The van der Waals surface area contributed by atoms with Crippen LogP contribution < -0.4 is 5.73 Å². The molecule has 1 saturated carbocycles. The van der Waals surface area contributed by atoms with Crippen molar-refractivity contribution in [2.75, 3.05) is 6.54 Å².